The van der Waals surface area contributed by atoms with Crippen LogP contribution in [-0.4, -0.2) is 26.0 Å². The van der Waals surface area contributed by atoms with Gasteiger partial charge < -0.3 is 5.11 Å². The van der Waals surface area contributed by atoms with Gasteiger partial charge in [-0.2, -0.15) is 5.10 Å². The maximum atomic E-state index is 10.0. The van der Waals surface area contributed by atoms with Crippen LogP contribution in [0.1, 0.15) is 59.3 Å². The van der Waals surface area contributed by atoms with Crippen LogP contribution < -0.4 is 0 Å². The molecule has 1 aromatic rings. The molecule has 0 amide bonds. The fourth-order valence-corrected chi connectivity index (χ4v) is 1.76. The molecule has 0 bridgehead atoms. The van der Waals surface area contributed by atoms with Crippen molar-refractivity contribution < 1.29 is 5.11 Å². The molecule has 17 heavy (non-hydrogen) atoms. The van der Waals surface area contributed by atoms with E-state index in [0.717, 1.165) is 18.7 Å². The van der Waals surface area contributed by atoms with Gasteiger partial charge in [0.2, 0.25) is 0 Å². The molecule has 0 aliphatic rings. The summed E-state index contributed by atoms with van der Waals surface area (Å²) < 4.78 is 1.88. The van der Waals surface area contributed by atoms with Crippen molar-refractivity contribution in [1.29, 1.82) is 0 Å². The number of nitrogens with zero attached hydrogens (tertiary/aromatic N) is 3. The van der Waals surface area contributed by atoms with Gasteiger partial charge in [0, 0.05) is 12.5 Å². The fourth-order valence-electron chi connectivity index (χ4n) is 1.76. The summed E-state index contributed by atoms with van der Waals surface area (Å²) in [4.78, 5) is 4.21. The van der Waals surface area contributed by atoms with Crippen LogP contribution in [0.3, 0.4) is 0 Å². The molecule has 0 radical (unpaired) electrons. The van der Waals surface area contributed by atoms with E-state index < -0.39 is 0 Å². The zero-order valence-electron chi connectivity index (χ0n) is 11.6. The fraction of sp³-hybridized carbons (Fsp3) is 0.846. The highest BCUT2D eigenvalue weighted by atomic mass is 16.3. The van der Waals surface area contributed by atoms with Gasteiger partial charge in [-0.1, -0.05) is 20.8 Å². The van der Waals surface area contributed by atoms with E-state index in [1.165, 1.54) is 0 Å². The third-order valence-corrected chi connectivity index (χ3v) is 2.78. The van der Waals surface area contributed by atoms with Gasteiger partial charge in [0.25, 0.3) is 0 Å². The molecule has 0 aliphatic heterocycles. The van der Waals surface area contributed by atoms with Gasteiger partial charge in [-0.3, -0.25) is 0 Å². The highest BCUT2D eigenvalue weighted by Crippen LogP contribution is 2.22. The summed E-state index contributed by atoms with van der Waals surface area (Å²) in [5, 5.41) is 14.2. The van der Waals surface area contributed by atoms with Gasteiger partial charge in [-0.25, -0.2) is 9.67 Å². The maximum absolute atomic E-state index is 10.0. The molecule has 0 saturated carbocycles. The molecule has 1 heterocycles. The lowest BCUT2D eigenvalue weighted by atomic mass is 9.89. The lowest BCUT2D eigenvalue weighted by molar-refractivity contribution is 0.142. The topological polar surface area (TPSA) is 50.9 Å². The number of aromatic nitrogens is 3. The number of rotatable bonds is 5. The predicted molar refractivity (Wildman–Crippen MR) is 68.8 cm³/mol. The molecular weight excluding hydrogens is 214 g/mol. The molecular formula is C13H25N3O. The average Bonchev–Trinajstić information content (AvgIpc) is 2.62. The number of hydrogen-bond donors (Lipinski definition) is 1. The van der Waals surface area contributed by atoms with E-state index in [2.05, 4.69) is 44.7 Å². The molecule has 0 saturated heterocycles. The summed E-state index contributed by atoms with van der Waals surface area (Å²) in [5.41, 5.74) is 0.271. The first-order valence-corrected chi connectivity index (χ1v) is 6.36. The van der Waals surface area contributed by atoms with Crippen LogP contribution in [0.15, 0.2) is 6.33 Å². The van der Waals surface area contributed by atoms with Gasteiger partial charge in [-0.05, 0) is 32.1 Å². The summed E-state index contributed by atoms with van der Waals surface area (Å²) in [6.07, 6.45) is 3.66. The number of aliphatic hydroxyl groups excluding tert-OH is 1. The summed E-state index contributed by atoms with van der Waals surface area (Å²) >= 11 is 0. The van der Waals surface area contributed by atoms with Crippen LogP contribution in [0.25, 0.3) is 0 Å². The van der Waals surface area contributed by atoms with E-state index in [1.807, 2.05) is 4.68 Å². The first kappa shape index (κ1) is 14.2. The molecule has 0 aromatic carbocycles. The molecule has 4 heteroatoms. The van der Waals surface area contributed by atoms with E-state index in [1.54, 1.807) is 6.33 Å². The number of hydrogen-bond acceptors (Lipinski definition) is 3. The normalized spacial score (nSPS) is 14.3. The van der Waals surface area contributed by atoms with Crippen molar-refractivity contribution in [3.05, 3.63) is 12.2 Å². The van der Waals surface area contributed by atoms with Gasteiger partial charge in [0.05, 0.1) is 6.10 Å². The Hall–Kier alpha value is -0.900. The van der Waals surface area contributed by atoms with Crippen molar-refractivity contribution in [3.63, 3.8) is 0 Å². The minimum Gasteiger partial charge on any atom is -0.393 e. The Morgan fingerprint density at radius 2 is 2.00 bits per heavy atom. The second-order valence-electron chi connectivity index (χ2n) is 6.17. The lowest BCUT2D eigenvalue weighted by Gasteiger charge is -2.20. The Kier molecular flexibility index (Phi) is 4.69. The summed E-state index contributed by atoms with van der Waals surface area (Å²) in [7, 11) is 0. The number of aliphatic hydroxyl groups is 1. The lowest BCUT2D eigenvalue weighted by Crippen LogP contribution is -2.19. The quantitative estimate of drug-likeness (QED) is 0.859. The second-order valence-corrected chi connectivity index (χ2v) is 6.17. The Morgan fingerprint density at radius 3 is 2.53 bits per heavy atom. The van der Waals surface area contributed by atoms with Crippen molar-refractivity contribution in [2.24, 2.45) is 5.41 Å². The molecule has 98 valence electrons. The Morgan fingerprint density at radius 1 is 1.35 bits per heavy atom. The Balaban J connectivity index is 2.50. The van der Waals surface area contributed by atoms with E-state index in [-0.39, 0.29) is 11.5 Å². The Labute approximate surface area is 104 Å². The Bertz CT molecular complexity index is 339. The maximum Gasteiger partial charge on any atom is 0.138 e. The summed E-state index contributed by atoms with van der Waals surface area (Å²) in [6.45, 7) is 10.7. The average molecular weight is 239 g/mol. The first-order valence-electron chi connectivity index (χ1n) is 6.36. The molecule has 0 fully saturated rings. The van der Waals surface area contributed by atoms with Gasteiger partial charge >= 0.3 is 0 Å². The molecule has 4 nitrogen and oxygen atoms in total. The highest BCUT2D eigenvalue weighted by Gasteiger charge is 2.16. The molecule has 0 spiro atoms. The van der Waals surface area contributed by atoms with Gasteiger partial charge in [-0.15, -0.1) is 0 Å². The smallest absolute Gasteiger partial charge is 0.138 e. The highest BCUT2D eigenvalue weighted by molar-refractivity contribution is 4.89. The minimum absolute atomic E-state index is 0.271. The molecule has 1 unspecified atom stereocenters. The van der Waals surface area contributed by atoms with Crippen LogP contribution >= 0.6 is 0 Å². The first-order chi connectivity index (χ1) is 7.79. The molecule has 1 atom stereocenters. The zero-order chi connectivity index (χ0) is 13.1. The third kappa shape index (κ3) is 4.86. The summed E-state index contributed by atoms with van der Waals surface area (Å²) in [5.74, 6) is 0.876. The van der Waals surface area contributed by atoms with Crippen molar-refractivity contribution in [3.8, 4) is 0 Å². The van der Waals surface area contributed by atoms with Crippen molar-refractivity contribution in [2.45, 2.75) is 66.0 Å². The monoisotopic (exact) mass is 239 g/mol. The molecule has 0 aliphatic carbocycles. The van der Waals surface area contributed by atoms with Gasteiger partial charge in [0.15, 0.2) is 0 Å². The van der Waals surface area contributed by atoms with E-state index >= 15 is 0 Å². The van der Waals surface area contributed by atoms with E-state index in [9.17, 15) is 5.11 Å². The third-order valence-electron chi connectivity index (χ3n) is 2.78. The minimum atomic E-state index is -0.323. The standard InChI is InChI=1S/C13H25N3O/c1-10(2)16-12(14-9-15-16)8-11(17)6-7-13(3,4)5/h9-11,17H,6-8H2,1-5H3. The van der Waals surface area contributed by atoms with Gasteiger partial charge in [0.1, 0.15) is 12.2 Å². The predicted octanol–water partition coefficient (Wildman–Crippen LogP) is 2.59. The van der Waals surface area contributed by atoms with Crippen LogP contribution in [0.5, 0.6) is 0 Å². The van der Waals surface area contributed by atoms with E-state index in [4.69, 9.17) is 0 Å². The summed E-state index contributed by atoms with van der Waals surface area (Å²) in [6, 6.07) is 0.294. The van der Waals surface area contributed by atoms with Crippen LogP contribution in [-0.2, 0) is 6.42 Å². The van der Waals surface area contributed by atoms with Crippen molar-refractivity contribution in [2.75, 3.05) is 0 Å². The zero-order valence-corrected chi connectivity index (χ0v) is 11.6. The largest absolute Gasteiger partial charge is 0.393 e. The molecule has 1 N–H and O–H groups in total. The van der Waals surface area contributed by atoms with E-state index in [0.29, 0.717) is 12.5 Å². The van der Waals surface area contributed by atoms with Crippen molar-refractivity contribution >= 4 is 0 Å². The molecule has 1 aromatic heterocycles. The van der Waals surface area contributed by atoms with Crippen molar-refractivity contribution in [1.82, 2.24) is 14.8 Å². The van der Waals surface area contributed by atoms with Crippen LogP contribution in [0.4, 0.5) is 0 Å². The SMILES string of the molecule is CC(C)n1ncnc1CC(O)CCC(C)(C)C. The van der Waals surface area contributed by atoms with Crippen LogP contribution in [0, 0.1) is 5.41 Å². The van der Waals surface area contributed by atoms with Crippen LogP contribution in [0.2, 0.25) is 0 Å². The molecule has 1 rings (SSSR count). The second kappa shape index (κ2) is 5.63.